The quantitative estimate of drug-likeness (QED) is 0.521. The average Bonchev–Trinajstić information content (AvgIpc) is 2.69. The Morgan fingerprint density at radius 3 is 1.93 bits per heavy atom. The summed E-state index contributed by atoms with van der Waals surface area (Å²) in [7, 11) is 1.58. The molecule has 27 heavy (non-hydrogen) atoms. The second-order valence-corrected chi connectivity index (χ2v) is 7.31. The Balaban J connectivity index is 1.92. The minimum absolute atomic E-state index is 0.0412. The maximum atomic E-state index is 13.2. The molecule has 3 aromatic rings. The topological polar surface area (TPSA) is 26.3 Å². The summed E-state index contributed by atoms with van der Waals surface area (Å²) < 4.78 is 5.67. The molecule has 0 bridgehead atoms. The number of ketones is 1. The fourth-order valence-electron chi connectivity index (χ4n) is 3.22. The summed E-state index contributed by atoms with van der Waals surface area (Å²) in [5.41, 5.74) is 6.46. The third kappa shape index (κ3) is 3.72. The van der Waals surface area contributed by atoms with Gasteiger partial charge >= 0.3 is 0 Å². The number of aryl methyl sites for hydroxylation is 3. The molecular formula is C25H26O2. The third-order valence-electron chi connectivity index (χ3n) is 5.43. The molecule has 2 heteroatoms. The molecule has 0 aromatic heterocycles. The Kier molecular flexibility index (Phi) is 5.29. The van der Waals surface area contributed by atoms with Crippen molar-refractivity contribution in [3.63, 3.8) is 0 Å². The van der Waals surface area contributed by atoms with Crippen molar-refractivity contribution in [3.8, 4) is 11.1 Å². The van der Waals surface area contributed by atoms with Gasteiger partial charge < -0.3 is 4.74 Å². The minimum Gasteiger partial charge on any atom is -0.366 e. The van der Waals surface area contributed by atoms with E-state index < -0.39 is 5.60 Å². The van der Waals surface area contributed by atoms with Gasteiger partial charge in [0.2, 0.25) is 0 Å². The number of hydrogen-bond donors (Lipinski definition) is 0. The van der Waals surface area contributed by atoms with Crippen LogP contribution in [0.25, 0.3) is 11.1 Å². The fraction of sp³-hybridized carbons (Fsp3) is 0.240. The molecule has 0 aliphatic carbocycles. The van der Waals surface area contributed by atoms with Crippen molar-refractivity contribution in [3.05, 3.63) is 94.5 Å². The van der Waals surface area contributed by atoms with Gasteiger partial charge in [-0.15, -0.1) is 0 Å². The zero-order valence-corrected chi connectivity index (χ0v) is 16.7. The summed E-state index contributed by atoms with van der Waals surface area (Å²) in [5, 5.41) is 0. The summed E-state index contributed by atoms with van der Waals surface area (Å²) in [5.74, 6) is -0.0412. The molecule has 3 rings (SSSR count). The largest absolute Gasteiger partial charge is 0.366 e. The first-order valence-corrected chi connectivity index (χ1v) is 9.20. The van der Waals surface area contributed by atoms with Gasteiger partial charge in [-0.05, 0) is 55.5 Å². The molecule has 0 amide bonds. The number of carbonyl (C=O) groups excluding carboxylic acids is 1. The summed E-state index contributed by atoms with van der Waals surface area (Å²) in [4.78, 5) is 13.2. The number of carbonyl (C=O) groups is 1. The summed E-state index contributed by atoms with van der Waals surface area (Å²) >= 11 is 0. The molecule has 0 radical (unpaired) electrons. The lowest BCUT2D eigenvalue weighted by Crippen LogP contribution is -2.34. The number of rotatable bonds is 5. The summed E-state index contributed by atoms with van der Waals surface area (Å²) in [6, 6.07) is 22.1. The van der Waals surface area contributed by atoms with Gasteiger partial charge in [0.05, 0.1) is 0 Å². The highest BCUT2D eigenvalue weighted by Crippen LogP contribution is 2.30. The normalized spacial score (nSPS) is 13.2. The monoisotopic (exact) mass is 358 g/mol. The smallest absolute Gasteiger partial charge is 0.198 e. The van der Waals surface area contributed by atoms with Crippen LogP contribution < -0.4 is 0 Å². The molecule has 138 valence electrons. The number of ether oxygens (including phenoxy) is 1. The van der Waals surface area contributed by atoms with Crippen LogP contribution in [0.2, 0.25) is 0 Å². The first-order chi connectivity index (χ1) is 12.8. The first kappa shape index (κ1) is 19.1. The zero-order chi connectivity index (χ0) is 19.6. The Morgan fingerprint density at radius 1 is 0.778 bits per heavy atom. The van der Waals surface area contributed by atoms with E-state index in [1.165, 1.54) is 11.1 Å². The Labute approximate surface area is 161 Å². The molecule has 0 saturated carbocycles. The first-order valence-electron chi connectivity index (χ1n) is 9.20. The van der Waals surface area contributed by atoms with E-state index in [1.807, 2.05) is 62.4 Å². The number of Topliss-reactive ketones (excluding diaryl/α,β-unsaturated/α-hetero) is 1. The SMILES string of the molecule is COC(C)(C(=O)c1ccc(-c2ccc(C)c(C)c2)cc1)c1ccc(C)cc1. The minimum atomic E-state index is -1.00. The molecule has 0 heterocycles. The standard InChI is InChI=1S/C25H26O2/c1-17-6-14-23(15-7-17)25(4,27-5)24(26)21-12-10-20(11-13-21)22-9-8-18(2)19(3)16-22/h6-16H,1-5H3. The molecule has 0 N–H and O–H groups in total. The van der Waals surface area contributed by atoms with Crippen LogP contribution >= 0.6 is 0 Å². The highest BCUT2D eigenvalue weighted by atomic mass is 16.5. The zero-order valence-electron chi connectivity index (χ0n) is 16.7. The molecule has 0 fully saturated rings. The van der Waals surface area contributed by atoms with Crippen LogP contribution in [0.15, 0.2) is 66.7 Å². The van der Waals surface area contributed by atoms with E-state index in [0.717, 1.165) is 22.3 Å². The third-order valence-corrected chi connectivity index (χ3v) is 5.43. The summed E-state index contributed by atoms with van der Waals surface area (Å²) in [6.07, 6.45) is 0. The van der Waals surface area contributed by atoms with Gasteiger partial charge in [-0.3, -0.25) is 4.79 Å². The van der Waals surface area contributed by atoms with Gasteiger partial charge in [-0.2, -0.15) is 0 Å². The van der Waals surface area contributed by atoms with Crippen LogP contribution in [0.3, 0.4) is 0 Å². The van der Waals surface area contributed by atoms with Crippen molar-refractivity contribution in [2.75, 3.05) is 7.11 Å². The second-order valence-electron chi connectivity index (χ2n) is 7.31. The number of benzene rings is 3. The molecule has 1 atom stereocenters. The lowest BCUT2D eigenvalue weighted by atomic mass is 9.86. The molecule has 0 aliphatic rings. The lowest BCUT2D eigenvalue weighted by Gasteiger charge is -2.27. The number of hydrogen-bond acceptors (Lipinski definition) is 2. The molecule has 0 saturated heterocycles. The second kappa shape index (κ2) is 7.50. The van der Waals surface area contributed by atoms with Gasteiger partial charge in [0, 0.05) is 12.7 Å². The molecule has 0 aliphatic heterocycles. The Bertz CT molecular complexity index is 953. The Morgan fingerprint density at radius 2 is 1.37 bits per heavy atom. The van der Waals surface area contributed by atoms with E-state index in [4.69, 9.17) is 4.74 Å². The van der Waals surface area contributed by atoms with Crippen LogP contribution in [0.5, 0.6) is 0 Å². The summed E-state index contributed by atoms with van der Waals surface area (Å²) in [6.45, 7) is 8.08. The van der Waals surface area contributed by atoms with E-state index in [1.54, 1.807) is 7.11 Å². The maximum Gasteiger partial charge on any atom is 0.198 e. The van der Waals surface area contributed by atoms with Gasteiger partial charge in [0.1, 0.15) is 0 Å². The van der Waals surface area contributed by atoms with Crippen LogP contribution in [0, 0.1) is 20.8 Å². The molecule has 2 nitrogen and oxygen atoms in total. The maximum absolute atomic E-state index is 13.2. The average molecular weight is 358 g/mol. The highest BCUT2D eigenvalue weighted by molar-refractivity contribution is 6.03. The van der Waals surface area contributed by atoms with E-state index in [0.29, 0.717) is 5.56 Å². The van der Waals surface area contributed by atoms with Crippen LogP contribution in [-0.4, -0.2) is 12.9 Å². The highest BCUT2D eigenvalue weighted by Gasteiger charge is 2.35. The Hall–Kier alpha value is -2.71. The predicted molar refractivity (Wildman–Crippen MR) is 111 cm³/mol. The van der Waals surface area contributed by atoms with Gasteiger partial charge in [0.15, 0.2) is 11.4 Å². The van der Waals surface area contributed by atoms with Gasteiger partial charge in [0.25, 0.3) is 0 Å². The van der Waals surface area contributed by atoms with E-state index in [9.17, 15) is 4.79 Å². The van der Waals surface area contributed by atoms with Crippen LogP contribution in [0.1, 0.15) is 39.5 Å². The number of methoxy groups -OCH3 is 1. The van der Waals surface area contributed by atoms with Gasteiger partial charge in [-0.1, -0.05) is 72.3 Å². The fourth-order valence-corrected chi connectivity index (χ4v) is 3.22. The van der Waals surface area contributed by atoms with Crippen molar-refractivity contribution in [2.45, 2.75) is 33.3 Å². The van der Waals surface area contributed by atoms with Crippen LogP contribution in [0.4, 0.5) is 0 Å². The van der Waals surface area contributed by atoms with E-state index >= 15 is 0 Å². The van der Waals surface area contributed by atoms with Crippen molar-refractivity contribution in [2.24, 2.45) is 0 Å². The van der Waals surface area contributed by atoms with Crippen LogP contribution in [-0.2, 0) is 10.3 Å². The van der Waals surface area contributed by atoms with Gasteiger partial charge in [-0.25, -0.2) is 0 Å². The molecular weight excluding hydrogens is 332 g/mol. The lowest BCUT2D eigenvalue weighted by molar-refractivity contribution is 0.0101. The molecule has 1 unspecified atom stereocenters. The van der Waals surface area contributed by atoms with E-state index in [2.05, 4.69) is 32.0 Å². The van der Waals surface area contributed by atoms with Crippen molar-refractivity contribution < 1.29 is 9.53 Å². The molecule has 3 aromatic carbocycles. The van der Waals surface area contributed by atoms with Crippen molar-refractivity contribution in [1.29, 1.82) is 0 Å². The van der Waals surface area contributed by atoms with Crippen molar-refractivity contribution >= 4 is 5.78 Å². The predicted octanol–water partition coefficient (Wildman–Crippen LogP) is 6.02. The van der Waals surface area contributed by atoms with Crippen molar-refractivity contribution in [1.82, 2.24) is 0 Å². The van der Waals surface area contributed by atoms with E-state index in [-0.39, 0.29) is 5.78 Å². The molecule has 0 spiro atoms.